The summed E-state index contributed by atoms with van der Waals surface area (Å²) in [5.41, 5.74) is 0. The van der Waals surface area contributed by atoms with Crippen molar-refractivity contribution in [1.82, 2.24) is 0 Å². The molecule has 0 N–H and O–H groups in total. The number of ether oxygens (including phenoxy) is 3. The van der Waals surface area contributed by atoms with Crippen LogP contribution in [-0.2, 0) is 28.6 Å². The molecule has 0 bridgehead atoms. The lowest BCUT2D eigenvalue weighted by Crippen LogP contribution is -2.30. The highest BCUT2D eigenvalue weighted by atomic mass is 16.6. The summed E-state index contributed by atoms with van der Waals surface area (Å²) in [6, 6.07) is 0. The van der Waals surface area contributed by atoms with Crippen LogP contribution in [0.15, 0.2) is 72.9 Å². The SMILES string of the molecule is CC/C=C/C/C=C/C/C=C/C/C=C/C/C=C/CCCCCC(=O)OC[C@@H](COC(=O)CCCCCCC/C=C/CCCCCC)OC(=O)CCCCCCCCCCCCCCCCC. The fraction of sp³-hybridized carbons (Fsp3) is 0.746. The van der Waals surface area contributed by atoms with E-state index in [4.69, 9.17) is 14.2 Å². The minimum atomic E-state index is -0.790. The average molecular weight is 907 g/mol. The molecule has 0 amide bonds. The van der Waals surface area contributed by atoms with Crippen LogP contribution in [-0.4, -0.2) is 37.2 Å². The van der Waals surface area contributed by atoms with Crippen molar-refractivity contribution in [3.63, 3.8) is 0 Å². The van der Waals surface area contributed by atoms with Crippen molar-refractivity contribution in [3.8, 4) is 0 Å². The first-order chi connectivity index (χ1) is 32.0. The first kappa shape index (κ1) is 61.9. The lowest BCUT2D eigenvalue weighted by Gasteiger charge is -2.18. The van der Waals surface area contributed by atoms with E-state index in [2.05, 4.69) is 93.7 Å². The van der Waals surface area contributed by atoms with Crippen molar-refractivity contribution in [1.29, 1.82) is 0 Å². The summed E-state index contributed by atoms with van der Waals surface area (Å²) in [6.07, 6.45) is 67.4. The van der Waals surface area contributed by atoms with Crippen LogP contribution in [0.5, 0.6) is 0 Å². The van der Waals surface area contributed by atoms with Crippen LogP contribution in [0.25, 0.3) is 0 Å². The molecule has 0 heterocycles. The molecule has 0 aliphatic carbocycles. The van der Waals surface area contributed by atoms with Gasteiger partial charge in [0.1, 0.15) is 13.2 Å². The van der Waals surface area contributed by atoms with E-state index in [0.717, 1.165) is 103 Å². The van der Waals surface area contributed by atoms with Gasteiger partial charge in [0.05, 0.1) is 0 Å². The number of unbranched alkanes of at least 4 members (excludes halogenated alkanes) is 26. The van der Waals surface area contributed by atoms with E-state index in [1.807, 2.05) is 0 Å². The van der Waals surface area contributed by atoms with Gasteiger partial charge in [0.2, 0.25) is 0 Å². The molecule has 0 saturated carbocycles. The highest BCUT2D eigenvalue weighted by molar-refractivity contribution is 5.71. The second-order valence-corrected chi connectivity index (χ2v) is 18.1. The average Bonchev–Trinajstić information content (AvgIpc) is 3.30. The van der Waals surface area contributed by atoms with Crippen LogP contribution in [0, 0.1) is 0 Å². The Labute approximate surface area is 402 Å². The van der Waals surface area contributed by atoms with Crippen molar-refractivity contribution < 1.29 is 28.6 Å². The van der Waals surface area contributed by atoms with Gasteiger partial charge in [-0.25, -0.2) is 0 Å². The second-order valence-electron chi connectivity index (χ2n) is 18.1. The maximum atomic E-state index is 12.8. The maximum absolute atomic E-state index is 12.8. The minimum Gasteiger partial charge on any atom is -0.462 e. The largest absolute Gasteiger partial charge is 0.462 e. The summed E-state index contributed by atoms with van der Waals surface area (Å²) in [7, 11) is 0. The van der Waals surface area contributed by atoms with Crippen LogP contribution in [0.3, 0.4) is 0 Å². The molecule has 0 aromatic rings. The van der Waals surface area contributed by atoms with Gasteiger partial charge < -0.3 is 14.2 Å². The third-order valence-electron chi connectivity index (χ3n) is 11.7. The van der Waals surface area contributed by atoms with E-state index in [1.165, 1.54) is 122 Å². The number of esters is 3. The number of hydrogen-bond acceptors (Lipinski definition) is 6. The molecule has 0 aromatic heterocycles. The Balaban J connectivity index is 4.43. The smallest absolute Gasteiger partial charge is 0.306 e. The summed E-state index contributed by atoms with van der Waals surface area (Å²) in [5, 5.41) is 0. The lowest BCUT2D eigenvalue weighted by atomic mass is 10.0. The van der Waals surface area contributed by atoms with Crippen LogP contribution >= 0.6 is 0 Å². The van der Waals surface area contributed by atoms with Gasteiger partial charge in [-0.1, -0.05) is 229 Å². The van der Waals surface area contributed by atoms with Crippen molar-refractivity contribution in [2.45, 2.75) is 271 Å². The Morgan fingerprint density at radius 2 is 0.600 bits per heavy atom. The van der Waals surface area contributed by atoms with Crippen molar-refractivity contribution in [2.24, 2.45) is 0 Å². The molecule has 0 aromatic carbocycles. The Morgan fingerprint density at radius 3 is 0.985 bits per heavy atom. The Morgan fingerprint density at radius 1 is 0.323 bits per heavy atom. The fourth-order valence-corrected chi connectivity index (χ4v) is 7.58. The molecule has 0 saturated heterocycles. The summed E-state index contributed by atoms with van der Waals surface area (Å²) in [4.78, 5) is 38.1. The Hall–Kier alpha value is -3.15. The van der Waals surface area contributed by atoms with E-state index in [1.54, 1.807) is 0 Å². The standard InChI is InChI=1S/C59H102O6/c1-4-7-10-13-16-19-22-25-27-28-29-30-32-34-37-40-43-46-49-52-58(61)64-55-56(54-63-57(60)51-48-45-42-39-36-33-24-21-18-15-12-9-6-3)65-59(62)53-50-47-44-41-38-35-31-26-23-20-17-14-11-8-5-2/h7,10,16,19,21,24-25,27,29-30,34,37,56H,4-6,8-9,11-15,17-18,20,22-23,26,28,31-33,35-36,38-55H2,1-3H3/b10-7+,19-16+,24-21+,27-25+,30-29+,37-34+/t56-/m1/s1. The molecule has 374 valence electrons. The Bertz CT molecular complexity index is 1230. The van der Waals surface area contributed by atoms with Gasteiger partial charge in [-0.3, -0.25) is 14.4 Å². The summed E-state index contributed by atoms with van der Waals surface area (Å²) in [5.74, 6) is -0.923. The highest BCUT2D eigenvalue weighted by Crippen LogP contribution is 2.15. The van der Waals surface area contributed by atoms with Gasteiger partial charge in [-0.15, -0.1) is 0 Å². The number of allylic oxidation sites excluding steroid dienone is 12. The van der Waals surface area contributed by atoms with Gasteiger partial charge in [0.25, 0.3) is 0 Å². The number of rotatable bonds is 49. The molecule has 0 unspecified atom stereocenters. The molecule has 6 heteroatoms. The Kier molecular flexibility index (Phi) is 50.9. The molecule has 6 nitrogen and oxygen atoms in total. The maximum Gasteiger partial charge on any atom is 0.306 e. The minimum absolute atomic E-state index is 0.0886. The first-order valence-corrected chi connectivity index (χ1v) is 27.4. The second kappa shape index (κ2) is 53.5. The molecule has 0 aliphatic rings. The molecule has 65 heavy (non-hydrogen) atoms. The third-order valence-corrected chi connectivity index (χ3v) is 11.7. The quantitative estimate of drug-likeness (QED) is 0.0262. The van der Waals surface area contributed by atoms with Crippen molar-refractivity contribution in [3.05, 3.63) is 72.9 Å². The van der Waals surface area contributed by atoms with Crippen LogP contribution in [0.1, 0.15) is 265 Å². The molecule has 1 atom stereocenters. The molecule has 0 spiro atoms. The van der Waals surface area contributed by atoms with Crippen molar-refractivity contribution in [2.75, 3.05) is 13.2 Å². The molecular formula is C59H102O6. The number of carbonyl (C=O) groups excluding carboxylic acids is 3. The predicted molar refractivity (Wildman–Crippen MR) is 279 cm³/mol. The number of hydrogen-bond donors (Lipinski definition) is 0. The van der Waals surface area contributed by atoms with Gasteiger partial charge >= 0.3 is 17.9 Å². The molecule has 0 rings (SSSR count). The summed E-state index contributed by atoms with van der Waals surface area (Å²) in [6.45, 7) is 6.49. The van der Waals surface area contributed by atoms with E-state index >= 15 is 0 Å². The van der Waals surface area contributed by atoms with E-state index in [-0.39, 0.29) is 31.1 Å². The third kappa shape index (κ3) is 51.7. The van der Waals surface area contributed by atoms with Crippen LogP contribution in [0.2, 0.25) is 0 Å². The van der Waals surface area contributed by atoms with Crippen LogP contribution in [0.4, 0.5) is 0 Å². The first-order valence-electron chi connectivity index (χ1n) is 27.4. The van der Waals surface area contributed by atoms with E-state index < -0.39 is 6.10 Å². The topological polar surface area (TPSA) is 78.9 Å². The summed E-state index contributed by atoms with van der Waals surface area (Å²) >= 11 is 0. The van der Waals surface area contributed by atoms with Gasteiger partial charge in [-0.05, 0) is 89.9 Å². The monoisotopic (exact) mass is 907 g/mol. The zero-order valence-electron chi connectivity index (χ0n) is 42.7. The van der Waals surface area contributed by atoms with E-state index in [9.17, 15) is 14.4 Å². The molecular weight excluding hydrogens is 805 g/mol. The normalized spacial score (nSPS) is 12.6. The molecule has 0 fully saturated rings. The zero-order chi connectivity index (χ0) is 47.2. The fourth-order valence-electron chi connectivity index (χ4n) is 7.58. The lowest BCUT2D eigenvalue weighted by molar-refractivity contribution is -0.167. The molecule has 0 aliphatic heterocycles. The van der Waals surface area contributed by atoms with Crippen molar-refractivity contribution >= 4 is 17.9 Å². The van der Waals surface area contributed by atoms with Gasteiger partial charge in [0, 0.05) is 19.3 Å². The highest BCUT2D eigenvalue weighted by Gasteiger charge is 2.19. The summed E-state index contributed by atoms with van der Waals surface area (Å²) < 4.78 is 16.8. The molecule has 0 radical (unpaired) electrons. The zero-order valence-corrected chi connectivity index (χ0v) is 42.7. The predicted octanol–water partition coefficient (Wildman–Crippen LogP) is 18.2. The van der Waals surface area contributed by atoms with Crippen LogP contribution < -0.4 is 0 Å². The van der Waals surface area contributed by atoms with Gasteiger partial charge in [0.15, 0.2) is 6.10 Å². The van der Waals surface area contributed by atoms with E-state index in [0.29, 0.717) is 19.3 Å². The van der Waals surface area contributed by atoms with Gasteiger partial charge in [-0.2, -0.15) is 0 Å². The number of carbonyl (C=O) groups is 3.